The lowest BCUT2D eigenvalue weighted by Gasteiger charge is -2.28. The van der Waals surface area contributed by atoms with Crippen molar-refractivity contribution in [2.45, 2.75) is 18.2 Å². The van der Waals surface area contributed by atoms with Crippen LogP contribution in [0.25, 0.3) is 0 Å². The fourth-order valence-electron chi connectivity index (χ4n) is 3.79. The van der Waals surface area contributed by atoms with E-state index in [0.29, 0.717) is 18.2 Å². The van der Waals surface area contributed by atoms with E-state index in [-0.39, 0.29) is 0 Å². The highest BCUT2D eigenvalue weighted by Crippen LogP contribution is 2.44. The fraction of sp³-hybridized carbons (Fsp3) is 0.400. The van der Waals surface area contributed by atoms with Crippen molar-refractivity contribution >= 4 is 0 Å². The van der Waals surface area contributed by atoms with Crippen LogP contribution in [-0.2, 0) is 0 Å². The smallest absolute Gasteiger partial charge is 0.0771 e. The van der Waals surface area contributed by atoms with Crippen molar-refractivity contribution in [3.8, 4) is 0 Å². The van der Waals surface area contributed by atoms with Crippen LogP contribution in [0.4, 0.5) is 0 Å². The van der Waals surface area contributed by atoms with Crippen molar-refractivity contribution in [3.05, 3.63) is 71.8 Å². The van der Waals surface area contributed by atoms with Crippen LogP contribution >= 0.6 is 0 Å². The van der Waals surface area contributed by atoms with Crippen molar-refractivity contribution in [1.82, 2.24) is 20.2 Å². The molecule has 3 rings (SSSR count). The summed E-state index contributed by atoms with van der Waals surface area (Å²) in [6.07, 6.45) is 0.336. The Balaban J connectivity index is 1.96. The largest absolute Gasteiger partial charge is 0.281 e. The molecule has 4 nitrogen and oxygen atoms in total. The molecule has 0 spiro atoms. The minimum atomic E-state index is 0.336. The minimum absolute atomic E-state index is 0.336. The van der Waals surface area contributed by atoms with Gasteiger partial charge in [-0.3, -0.25) is 20.2 Å². The summed E-state index contributed by atoms with van der Waals surface area (Å²) in [5.74, 6) is 0. The lowest BCUT2D eigenvalue weighted by molar-refractivity contribution is 0.129. The molecule has 1 aliphatic rings. The van der Waals surface area contributed by atoms with Crippen molar-refractivity contribution in [2.75, 3.05) is 34.7 Å². The lowest BCUT2D eigenvalue weighted by atomic mass is 9.93. The third kappa shape index (κ3) is 3.37. The average molecular weight is 324 g/mol. The van der Waals surface area contributed by atoms with E-state index in [1.165, 1.54) is 11.1 Å². The molecule has 2 aromatic carbocycles. The van der Waals surface area contributed by atoms with Crippen molar-refractivity contribution in [3.63, 3.8) is 0 Å². The molecule has 1 N–H and O–H groups in total. The van der Waals surface area contributed by atoms with Gasteiger partial charge in [-0.25, -0.2) is 0 Å². The van der Waals surface area contributed by atoms with Gasteiger partial charge in [0, 0.05) is 20.6 Å². The second-order valence-electron chi connectivity index (χ2n) is 6.78. The van der Waals surface area contributed by atoms with Crippen LogP contribution in [0.1, 0.15) is 23.2 Å². The first-order chi connectivity index (χ1) is 11.6. The van der Waals surface area contributed by atoms with Gasteiger partial charge in [0.2, 0.25) is 0 Å². The van der Waals surface area contributed by atoms with Gasteiger partial charge in [0.1, 0.15) is 0 Å². The summed E-state index contributed by atoms with van der Waals surface area (Å²) in [6, 6.07) is 22.4. The summed E-state index contributed by atoms with van der Waals surface area (Å²) < 4.78 is 0. The molecule has 2 aromatic rings. The minimum Gasteiger partial charge on any atom is -0.281 e. The zero-order chi connectivity index (χ0) is 17.1. The molecule has 0 saturated carbocycles. The van der Waals surface area contributed by atoms with Gasteiger partial charge in [0.05, 0.1) is 18.2 Å². The maximum atomic E-state index is 3.44. The summed E-state index contributed by atoms with van der Waals surface area (Å²) in [4.78, 5) is 4.98. The molecular weight excluding hydrogens is 296 g/mol. The summed E-state index contributed by atoms with van der Waals surface area (Å²) in [5.41, 5.74) is 6.18. The van der Waals surface area contributed by atoms with Crippen LogP contribution in [0, 0.1) is 0 Å². The van der Waals surface area contributed by atoms with E-state index >= 15 is 0 Å². The predicted octanol–water partition coefficient (Wildman–Crippen LogP) is 2.74. The highest BCUT2D eigenvalue weighted by Gasteiger charge is 2.44. The van der Waals surface area contributed by atoms with Crippen LogP contribution in [0.15, 0.2) is 60.7 Å². The Labute approximate surface area is 145 Å². The Morgan fingerprint density at radius 2 is 1.21 bits per heavy atom. The zero-order valence-corrected chi connectivity index (χ0v) is 15.1. The van der Waals surface area contributed by atoms with Gasteiger partial charge in [-0.2, -0.15) is 0 Å². The van der Waals surface area contributed by atoms with Crippen LogP contribution < -0.4 is 5.43 Å². The van der Waals surface area contributed by atoms with E-state index < -0.39 is 0 Å². The first kappa shape index (κ1) is 17.1. The van der Waals surface area contributed by atoms with Crippen LogP contribution in [-0.4, -0.2) is 55.7 Å². The number of nitrogens with one attached hydrogen (secondary N) is 1. The third-order valence-electron chi connectivity index (χ3n) is 4.99. The van der Waals surface area contributed by atoms with E-state index in [1.54, 1.807) is 0 Å². The first-order valence-electron chi connectivity index (χ1n) is 8.54. The normalized spacial score (nSPS) is 23.2. The molecule has 4 heteroatoms. The van der Waals surface area contributed by atoms with E-state index in [2.05, 4.69) is 90.0 Å². The maximum Gasteiger partial charge on any atom is 0.0771 e. The number of rotatable bonds is 5. The average Bonchev–Trinajstić information content (AvgIpc) is 2.85. The second kappa shape index (κ2) is 7.45. The summed E-state index contributed by atoms with van der Waals surface area (Å²) >= 11 is 0. The maximum absolute atomic E-state index is 3.44. The van der Waals surface area contributed by atoms with Gasteiger partial charge >= 0.3 is 0 Å². The quantitative estimate of drug-likeness (QED) is 0.854. The van der Waals surface area contributed by atoms with Crippen LogP contribution in [0.2, 0.25) is 0 Å². The molecule has 0 bridgehead atoms. The fourth-order valence-corrected chi connectivity index (χ4v) is 3.79. The van der Waals surface area contributed by atoms with Gasteiger partial charge < -0.3 is 0 Å². The standard InChI is InChI=1S/C20H28N4/c1-22(2)21-15-18-23(3)19(16-11-7-5-8-12-16)20(24(18)4)17-13-9-6-10-14-17/h5-14,18-21H,15H2,1-4H3/t19-,20-/m0/s1. The topological polar surface area (TPSA) is 21.8 Å². The molecule has 24 heavy (non-hydrogen) atoms. The van der Waals surface area contributed by atoms with E-state index in [1.807, 2.05) is 19.1 Å². The summed E-state index contributed by atoms with van der Waals surface area (Å²) in [5, 5.41) is 2.02. The van der Waals surface area contributed by atoms with E-state index in [0.717, 1.165) is 6.54 Å². The Morgan fingerprint density at radius 3 is 1.58 bits per heavy atom. The number of hydrogen-bond acceptors (Lipinski definition) is 4. The number of hydrazine groups is 1. The van der Waals surface area contributed by atoms with Crippen LogP contribution in [0.5, 0.6) is 0 Å². The summed E-state index contributed by atoms with van der Waals surface area (Å²) in [6.45, 7) is 0.896. The van der Waals surface area contributed by atoms with E-state index in [9.17, 15) is 0 Å². The zero-order valence-electron chi connectivity index (χ0n) is 15.1. The molecule has 1 fully saturated rings. The second-order valence-corrected chi connectivity index (χ2v) is 6.78. The lowest BCUT2D eigenvalue weighted by Crippen LogP contribution is -2.47. The molecule has 1 aliphatic heterocycles. The molecule has 2 atom stereocenters. The molecule has 0 aromatic heterocycles. The van der Waals surface area contributed by atoms with E-state index in [4.69, 9.17) is 0 Å². The third-order valence-corrected chi connectivity index (χ3v) is 4.99. The number of likely N-dealkylation sites (N-methyl/N-ethyl adjacent to an activating group) is 2. The molecule has 0 radical (unpaired) electrons. The van der Waals surface area contributed by atoms with Crippen molar-refractivity contribution < 1.29 is 0 Å². The number of nitrogens with zero attached hydrogens (tertiary/aromatic N) is 3. The van der Waals surface area contributed by atoms with Gasteiger partial charge in [-0.15, -0.1) is 0 Å². The Hall–Kier alpha value is -1.72. The highest BCUT2D eigenvalue weighted by atomic mass is 15.5. The first-order valence-corrected chi connectivity index (χ1v) is 8.54. The van der Waals surface area contributed by atoms with Crippen molar-refractivity contribution in [2.24, 2.45) is 0 Å². The molecule has 0 aliphatic carbocycles. The number of hydrogen-bond donors (Lipinski definition) is 1. The molecule has 1 saturated heterocycles. The molecule has 0 unspecified atom stereocenters. The Morgan fingerprint density at radius 1 is 0.792 bits per heavy atom. The monoisotopic (exact) mass is 324 g/mol. The predicted molar refractivity (Wildman–Crippen MR) is 99.4 cm³/mol. The SMILES string of the molecule is CN(C)NCC1N(C)[C@@H](c2ccccc2)[C@H](c2ccccc2)N1C. The Bertz CT molecular complexity index is 577. The summed E-state index contributed by atoms with van der Waals surface area (Å²) in [7, 11) is 8.55. The van der Waals surface area contributed by atoms with Gasteiger partial charge in [-0.05, 0) is 25.2 Å². The highest BCUT2D eigenvalue weighted by molar-refractivity contribution is 5.30. The molecule has 0 amide bonds. The van der Waals surface area contributed by atoms with Gasteiger partial charge in [0.15, 0.2) is 0 Å². The van der Waals surface area contributed by atoms with Crippen molar-refractivity contribution in [1.29, 1.82) is 0 Å². The van der Waals surface area contributed by atoms with Gasteiger partial charge in [-0.1, -0.05) is 60.7 Å². The molecular formula is C20H28N4. The Kier molecular flexibility index (Phi) is 5.31. The van der Waals surface area contributed by atoms with Gasteiger partial charge in [0.25, 0.3) is 0 Å². The van der Waals surface area contributed by atoms with Crippen LogP contribution in [0.3, 0.4) is 0 Å². The molecule has 128 valence electrons. The molecule has 1 heterocycles. The number of benzene rings is 2.